The van der Waals surface area contributed by atoms with Gasteiger partial charge in [-0.15, -0.1) is 0 Å². The molecule has 0 bridgehead atoms. The van der Waals surface area contributed by atoms with Crippen LogP contribution in [-0.2, 0) is 0 Å². The summed E-state index contributed by atoms with van der Waals surface area (Å²) in [5.41, 5.74) is 0. The highest BCUT2D eigenvalue weighted by molar-refractivity contribution is 4.83. The van der Waals surface area contributed by atoms with Crippen LogP contribution in [0.1, 0.15) is 19.8 Å². The third-order valence-corrected chi connectivity index (χ3v) is 2.02. The Kier molecular flexibility index (Phi) is 1.90. The zero-order valence-corrected chi connectivity index (χ0v) is 5.48. The second-order valence-electron chi connectivity index (χ2n) is 2.52. The predicted octanol–water partition coefficient (Wildman–Crippen LogP) is 1.21. The van der Waals surface area contributed by atoms with E-state index in [4.69, 9.17) is 0 Å². The molecule has 8 heavy (non-hydrogen) atoms. The van der Waals surface area contributed by atoms with Crippen LogP contribution in [0.2, 0.25) is 0 Å². The van der Waals surface area contributed by atoms with Crippen molar-refractivity contribution in [1.29, 1.82) is 0 Å². The standard InChI is InChI=1S/C7H14N/c1-3-7-4-5-8-6(7)2/h6-8H,2-5H2,1H3. The summed E-state index contributed by atoms with van der Waals surface area (Å²) in [5, 5.41) is 3.31. The maximum absolute atomic E-state index is 3.98. The average molecular weight is 112 g/mol. The normalized spacial score (nSPS) is 38.2. The maximum Gasteiger partial charge on any atom is 0.00962 e. The highest BCUT2D eigenvalue weighted by atomic mass is 14.9. The summed E-state index contributed by atoms with van der Waals surface area (Å²) in [4.78, 5) is 0. The Bertz CT molecular complexity index is 70.8. The van der Waals surface area contributed by atoms with Crippen LogP contribution in [0.3, 0.4) is 0 Å². The minimum atomic E-state index is 0.528. The largest absolute Gasteiger partial charge is 0.314 e. The van der Waals surface area contributed by atoms with Gasteiger partial charge in [0.15, 0.2) is 0 Å². The molecule has 0 aromatic rings. The van der Waals surface area contributed by atoms with Crippen molar-refractivity contribution in [2.45, 2.75) is 25.8 Å². The van der Waals surface area contributed by atoms with E-state index >= 15 is 0 Å². The lowest BCUT2D eigenvalue weighted by Gasteiger charge is -2.10. The first kappa shape index (κ1) is 6.09. The lowest BCUT2D eigenvalue weighted by atomic mass is 10.00. The van der Waals surface area contributed by atoms with Crippen LogP contribution < -0.4 is 5.32 Å². The van der Waals surface area contributed by atoms with Crippen LogP contribution >= 0.6 is 0 Å². The molecule has 1 saturated heterocycles. The smallest absolute Gasteiger partial charge is 0.00962 e. The molecule has 0 aromatic heterocycles. The third-order valence-electron chi connectivity index (χ3n) is 2.02. The van der Waals surface area contributed by atoms with Crippen molar-refractivity contribution in [3.8, 4) is 0 Å². The van der Waals surface area contributed by atoms with Gasteiger partial charge in [-0.3, -0.25) is 0 Å². The van der Waals surface area contributed by atoms with Gasteiger partial charge in [0.25, 0.3) is 0 Å². The lowest BCUT2D eigenvalue weighted by Crippen LogP contribution is -2.22. The summed E-state index contributed by atoms with van der Waals surface area (Å²) in [7, 11) is 0. The molecule has 1 aliphatic rings. The van der Waals surface area contributed by atoms with Gasteiger partial charge in [0.05, 0.1) is 0 Å². The molecule has 1 nitrogen and oxygen atoms in total. The van der Waals surface area contributed by atoms with Gasteiger partial charge in [0.1, 0.15) is 0 Å². The predicted molar refractivity (Wildman–Crippen MR) is 35.5 cm³/mol. The summed E-state index contributed by atoms with van der Waals surface area (Å²) in [5.74, 6) is 0.843. The number of hydrogen-bond acceptors (Lipinski definition) is 1. The van der Waals surface area contributed by atoms with Crippen molar-refractivity contribution in [3.05, 3.63) is 6.92 Å². The van der Waals surface area contributed by atoms with Crippen molar-refractivity contribution >= 4 is 0 Å². The minimum absolute atomic E-state index is 0.528. The molecular formula is C7H14N. The highest BCUT2D eigenvalue weighted by Crippen LogP contribution is 2.17. The van der Waals surface area contributed by atoms with Crippen LogP contribution in [0.5, 0.6) is 0 Å². The fourth-order valence-electron chi connectivity index (χ4n) is 1.31. The second kappa shape index (κ2) is 2.49. The van der Waals surface area contributed by atoms with E-state index in [0.29, 0.717) is 6.04 Å². The fraction of sp³-hybridized carbons (Fsp3) is 0.857. The van der Waals surface area contributed by atoms with E-state index in [2.05, 4.69) is 19.2 Å². The Labute approximate surface area is 51.5 Å². The molecule has 1 N–H and O–H groups in total. The lowest BCUT2D eigenvalue weighted by molar-refractivity contribution is 0.493. The molecule has 1 fully saturated rings. The average Bonchev–Trinajstić information content (AvgIpc) is 2.14. The van der Waals surface area contributed by atoms with Crippen LogP contribution in [-0.4, -0.2) is 12.6 Å². The number of hydrogen-bond donors (Lipinski definition) is 1. The molecule has 0 aromatic carbocycles. The quantitative estimate of drug-likeness (QED) is 0.537. The molecule has 2 unspecified atom stereocenters. The van der Waals surface area contributed by atoms with Gasteiger partial charge in [0.2, 0.25) is 0 Å². The van der Waals surface area contributed by atoms with E-state index < -0.39 is 0 Å². The van der Waals surface area contributed by atoms with Crippen LogP contribution in [0.25, 0.3) is 0 Å². The number of rotatable bonds is 1. The molecule has 1 aliphatic heterocycles. The Balaban J connectivity index is 2.30. The zero-order chi connectivity index (χ0) is 5.98. The van der Waals surface area contributed by atoms with E-state index in [9.17, 15) is 0 Å². The summed E-state index contributed by atoms with van der Waals surface area (Å²) >= 11 is 0. The number of nitrogens with one attached hydrogen (secondary N) is 1. The van der Waals surface area contributed by atoms with E-state index in [-0.39, 0.29) is 0 Å². The van der Waals surface area contributed by atoms with E-state index in [1.165, 1.54) is 19.4 Å². The Hall–Kier alpha value is -0.0400. The maximum atomic E-state index is 3.98. The molecule has 1 radical (unpaired) electrons. The Morgan fingerprint density at radius 3 is 2.75 bits per heavy atom. The van der Waals surface area contributed by atoms with Crippen molar-refractivity contribution in [2.24, 2.45) is 5.92 Å². The van der Waals surface area contributed by atoms with Gasteiger partial charge < -0.3 is 5.32 Å². The van der Waals surface area contributed by atoms with Gasteiger partial charge in [0, 0.05) is 6.04 Å². The fourth-order valence-corrected chi connectivity index (χ4v) is 1.31. The van der Waals surface area contributed by atoms with E-state index in [1.807, 2.05) is 0 Å². The van der Waals surface area contributed by atoms with Crippen molar-refractivity contribution < 1.29 is 0 Å². The van der Waals surface area contributed by atoms with Crippen LogP contribution in [0.4, 0.5) is 0 Å². The van der Waals surface area contributed by atoms with Crippen molar-refractivity contribution in [3.63, 3.8) is 0 Å². The first-order valence-corrected chi connectivity index (χ1v) is 3.41. The van der Waals surface area contributed by atoms with E-state index in [0.717, 1.165) is 5.92 Å². The summed E-state index contributed by atoms with van der Waals surface area (Å²) in [6.07, 6.45) is 2.60. The second-order valence-corrected chi connectivity index (χ2v) is 2.52. The third kappa shape index (κ3) is 1.03. The molecule has 1 rings (SSSR count). The summed E-state index contributed by atoms with van der Waals surface area (Å²) in [6.45, 7) is 7.38. The SMILES string of the molecule is [CH2]C1NCCC1CC. The van der Waals surface area contributed by atoms with Gasteiger partial charge >= 0.3 is 0 Å². The molecule has 0 amide bonds. The molecule has 0 saturated carbocycles. The first-order chi connectivity index (χ1) is 3.84. The van der Waals surface area contributed by atoms with Crippen molar-refractivity contribution in [1.82, 2.24) is 5.32 Å². The van der Waals surface area contributed by atoms with E-state index in [1.54, 1.807) is 0 Å². The highest BCUT2D eigenvalue weighted by Gasteiger charge is 2.19. The molecule has 0 spiro atoms. The molecule has 1 heteroatoms. The molecule has 47 valence electrons. The minimum Gasteiger partial charge on any atom is -0.314 e. The van der Waals surface area contributed by atoms with Crippen LogP contribution in [0, 0.1) is 12.8 Å². The summed E-state index contributed by atoms with van der Waals surface area (Å²) in [6, 6.07) is 0.528. The molecule has 2 atom stereocenters. The van der Waals surface area contributed by atoms with Crippen molar-refractivity contribution in [2.75, 3.05) is 6.54 Å². The van der Waals surface area contributed by atoms with Gasteiger partial charge in [-0.05, 0) is 25.8 Å². The van der Waals surface area contributed by atoms with Gasteiger partial charge in [-0.25, -0.2) is 0 Å². The van der Waals surface area contributed by atoms with Gasteiger partial charge in [-0.2, -0.15) is 0 Å². The molecular weight excluding hydrogens is 98.1 g/mol. The summed E-state index contributed by atoms with van der Waals surface area (Å²) < 4.78 is 0. The topological polar surface area (TPSA) is 12.0 Å². The zero-order valence-electron chi connectivity index (χ0n) is 5.48. The Morgan fingerprint density at radius 2 is 2.50 bits per heavy atom. The molecule has 1 heterocycles. The molecule has 0 aliphatic carbocycles. The van der Waals surface area contributed by atoms with Gasteiger partial charge in [-0.1, -0.05) is 13.3 Å². The monoisotopic (exact) mass is 112 g/mol. The van der Waals surface area contributed by atoms with Crippen LogP contribution in [0.15, 0.2) is 0 Å². The Morgan fingerprint density at radius 1 is 1.75 bits per heavy atom. The first-order valence-electron chi connectivity index (χ1n) is 3.41.